The Morgan fingerprint density at radius 2 is 2.05 bits per heavy atom. The maximum absolute atomic E-state index is 11.7. The number of thiophene rings is 1. The molecule has 0 fully saturated rings. The molecular weight excluding hydrogens is 308 g/mol. The van der Waals surface area contributed by atoms with Gasteiger partial charge < -0.3 is 9.84 Å². The summed E-state index contributed by atoms with van der Waals surface area (Å²) in [6.45, 7) is 0. The van der Waals surface area contributed by atoms with Gasteiger partial charge in [0.1, 0.15) is 5.00 Å². The number of anilines is 1. The lowest BCUT2D eigenvalue weighted by Gasteiger charge is -2.08. The second kappa shape index (κ2) is 5.29. The largest absolute Gasteiger partial charge is 0.478 e. The van der Waals surface area contributed by atoms with Gasteiger partial charge in [-0.15, -0.1) is 11.3 Å². The van der Waals surface area contributed by atoms with Crippen LogP contribution in [0.4, 0.5) is 9.80 Å². The van der Waals surface area contributed by atoms with E-state index in [4.69, 9.17) is 0 Å². The highest BCUT2D eigenvalue weighted by Gasteiger charge is 2.28. The molecule has 1 aliphatic carbocycles. The summed E-state index contributed by atoms with van der Waals surface area (Å²) >= 11 is 1.08. The van der Waals surface area contributed by atoms with Gasteiger partial charge in [-0.05, 0) is 24.8 Å². The molecule has 0 saturated carbocycles. The van der Waals surface area contributed by atoms with E-state index in [0.717, 1.165) is 36.2 Å². The van der Waals surface area contributed by atoms with Gasteiger partial charge in [0.2, 0.25) is 0 Å². The number of hydrogen-bond donors (Lipinski definition) is 3. The number of methoxy groups -OCH3 is 1. The Bertz CT molecular complexity index is 664. The maximum Gasteiger partial charge on any atom is 0.422 e. The molecule has 0 atom stereocenters. The van der Waals surface area contributed by atoms with Gasteiger partial charge in [-0.2, -0.15) is 8.42 Å². The number of aryl methyl sites for hydroxylation is 1. The second-order valence-electron chi connectivity index (χ2n) is 4.07. The van der Waals surface area contributed by atoms with Gasteiger partial charge in [-0.3, -0.25) is 4.72 Å². The molecule has 1 heterocycles. The lowest BCUT2D eigenvalue weighted by Crippen LogP contribution is -2.35. The normalized spacial score (nSPS) is 13.7. The van der Waals surface area contributed by atoms with Crippen molar-refractivity contribution in [3.8, 4) is 0 Å². The summed E-state index contributed by atoms with van der Waals surface area (Å²) in [7, 11) is -3.20. The zero-order chi connectivity index (χ0) is 14.9. The first-order valence-corrected chi connectivity index (χ1v) is 7.90. The van der Waals surface area contributed by atoms with Crippen LogP contribution in [0.1, 0.15) is 27.2 Å². The third-order valence-corrected chi connectivity index (χ3v) is 5.01. The van der Waals surface area contributed by atoms with E-state index in [1.165, 1.54) is 0 Å². The molecular formula is C10H12N2O6S2. The Morgan fingerprint density at radius 3 is 2.65 bits per heavy atom. The third-order valence-electron chi connectivity index (χ3n) is 2.77. The maximum atomic E-state index is 11.7. The highest BCUT2D eigenvalue weighted by molar-refractivity contribution is 7.91. The number of nitrogens with one attached hydrogen (secondary N) is 2. The molecule has 0 unspecified atom stereocenters. The van der Waals surface area contributed by atoms with Gasteiger partial charge in [0.15, 0.2) is 0 Å². The van der Waals surface area contributed by atoms with E-state index < -0.39 is 22.3 Å². The topological polar surface area (TPSA) is 122 Å². The molecule has 3 N–H and O–H groups in total. The molecule has 0 bridgehead atoms. The van der Waals surface area contributed by atoms with Crippen LogP contribution < -0.4 is 9.44 Å². The summed E-state index contributed by atoms with van der Waals surface area (Å²) < 4.78 is 31.2. The van der Waals surface area contributed by atoms with E-state index in [-0.39, 0.29) is 10.6 Å². The summed E-state index contributed by atoms with van der Waals surface area (Å²) in [6.07, 6.45) is 1.04. The van der Waals surface area contributed by atoms with Crippen molar-refractivity contribution in [2.75, 3.05) is 11.8 Å². The molecule has 0 aromatic carbocycles. The Balaban J connectivity index is 2.30. The van der Waals surface area contributed by atoms with Crippen LogP contribution in [0, 0.1) is 0 Å². The van der Waals surface area contributed by atoms with E-state index in [1.54, 1.807) is 4.72 Å². The first-order chi connectivity index (χ1) is 9.34. The zero-order valence-corrected chi connectivity index (χ0v) is 12.1. The minimum Gasteiger partial charge on any atom is -0.478 e. The Kier molecular flexibility index (Phi) is 3.86. The molecule has 1 aromatic heterocycles. The molecule has 0 aliphatic heterocycles. The summed E-state index contributed by atoms with van der Waals surface area (Å²) in [5.74, 6) is -1.19. The number of carbonyl (C=O) groups excluding carboxylic acids is 1. The van der Waals surface area contributed by atoms with E-state index in [1.807, 2.05) is 0 Å². The van der Waals surface area contributed by atoms with E-state index in [2.05, 4.69) is 9.46 Å². The van der Waals surface area contributed by atoms with Crippen LogP contribution in [-0.4, -0.2) is 32.7 Å². The van der Waals surface area contributed by atoms with E-state index >= 15 is 0 Å². The fourth-order valence-electron chi connectivity index (χ4n) is 2.00. The van der Waals surface area contributed by atoms with Crippen LogP contribution in [0.3, 0.4) is 0 Å². The number of carbonyl (C=O) groups is 2. The number of carboxylic acids is 1. The molecule has 1 aromatic rings. The summed E-state index contributed by atoms with van der Waals surface area (Å²) in [6, 6.07) is 0. The second-order valence-corrected chi connectivity index (χ2v) is 6.59. The van der Waals surface area contributed by atoms with Crippen LogP contribution in [0.5, 0.6) is 0 Å². The van der Waals surface area contributed by atoms with Crippen molar-refractivity contribution in [1.29, 1.82) is 0 Å². The van der Waals surface area contributed by atoms with Crippen molar-refractivity contribution >= 4 is 38.6 Å². The lowest BCUT2D eigenvalue weighted by atomic mass is 10.1. The van der Waals surface area contributed by atoms with E-state index in [9.17, 15) is 23.1 Å². The molecule has 2 rings (SSSR count). The number of carboxylic acid groups (broad SMARTS) is 1. The summed E-state index contributed by atoms with van der Waals surface area (Å²) in [4.78, 5) is 23.0. The lowest BCUT2D eigenvalue weighted by molar-refractivity contribution is 0.0697. The standard InChI is InChI=1S/C10H12N2O6S2/c1-18-10(15)12-20(16,17)11-8-7(9(13)14)5-3-2-4-6(5)19-8/h11H,2-4H2,1H3,(H,12,15)(H,13,14). The zero-order valence-electron chi connectivity index (χ0n) is 10.4. The molecule has 1 aliphatic rings. The molecule has 8 nitrogen and oxygen atoms in total. The molecule has 1 amide bonds. The van der Waals surface area contributed by atoms with Crippen LogP contribution >= 0.6 is 11.3 Å². The average molecular weight is 320 g/mol. The monoisotopic (exact) mass is 320 g/mol. The molecule has 110 valence electrons. The first kappa shape index (κ1) is 14.6. The van der Waals surface area contributed by atoms with Crippen molar-refractivity contribution in [2.45, 2.75) is 19.3 Å². The van der Waals surface area contributed by atoms with Crippen LogP contribution in [-0.2, 0) is 27.8 Å². The smallest absolute Gasteiger partial charge is 0.422 e. The van der Waals surface area contributed by atoms with Gasteiger partial charge in [0.25, 0.3) is 0 Å². The van der Waals surface area contributed by atoms with Crippen molar-refractivity contribution in [2.24, 2.45) is 0 Å². The summed E-state index contributed by atoms with van der Waals surface area (Å²) in [5.41, 5.74) is 0.621. The van der Waals surface area contributed by atoms with E-state index in [0.29, 0.717) is 12.0 Å². The minimum absolute atomic E-state index is 0.00129. The Morgan fingerprint density at radius 1 is 1.35 bits per heavy atom. The number of ether oxygens (including phenoxy) is 1. The quantitative estimate of drug-likeness (QED) is 0.759. The number of fused-ring (bicyclic) bond motifs is 1. The van der Waals surface area contributed by atoms with Crippen molar-refractivity contribution in [3.05, 3.63) is 16.0 Å². The average Bonchev–Trinajstić information content (AvgIpc) is 2.86. The van der Waals surface area contributed by atoms with Gasteiger partial charge in [0.05, 0.1) is 12.7 Å². The fourth-order valence-corrected chi connectivity index (χ4v) is 4.33. The Hall–Kier alpha value is -1.81. The SMILES string of the molecule is COC(=O)NS(=O)(=O)Nc1sc2c(c1C(=O)O)CCC2. The number of rotatable bonds is 4. The molecule has 0 saturated heterocycles. The molecule has 20 heavy (non-hydrogen) atoms. The number of hydrogen-bond acceptors (Lipinski definition) is 6. The number of amides is 1. The highest BCUT2D eigenvalue weighted by Crippen LogP contribution is 2.39. The fraction of sp³-hybridized carbons (Fsp3) is 0.400. The van der Waals surface area contributed by atoms with Crippen LogP contribution in [0.15, 0.2) is 0 Å². The highest BCUT2D eigenvalue weighted by atomic mass is 32.2. The third kappa shape index (κ3) is 2.85. The van der Waals surface area contributed by atoms with Crippen LogP contribution in [0.25, 0.3) is 0 Å². The minimum atomic E-state index is -4.22. The van der Waals surface area contributed by atoms with Gasteiger partial charge in [-0.25, -0.2) is 14.3 Å². The Labute approximate surface area is 118 Å². The van der Waals surface area contributed by atoms with Crippen molar-refractivity contribution in [1.82, 2.24) is 4.72 Å². The first-order valence-electron chi connectivity index (χ1n) is 5.60. The van der Waals surface area contributed by atoms with Gasteiger partial charge in [0, 0.05) is 4.88 Å². The van der Waals surface area contributed by atoms with Crippen molar-refractivity contribution in [3.63, 3.8) is 0 Å². The molecule has 0 spiro atoms. The van der Waals surface area contributed by atoms with Gasteiger partial charge in [-0.1, -0.05) is 0 Å². The van der Waals surface area contributed by atoms with Crippen LogP contribution in [0.2, 0.25) is 0 Å². The summed E-state index contributed by atoms with van der Waals surface area (Å²) in [5, 5.41) is 9.20. The molecule has 10 heteroatoms. The number of aromatic carboxylic acids is 1. The predicted octanol–water partition coefficient (Wildman–Crippen LogP) is 0.948. The van der Waals surface area contributed by atoms with Gasteiger partial charge >= 0.3 is 22.3 Å². The predicted molar refractivity (Wildman–Crippen MR) is 71.4 cm³/mol. The molecule has 0 radical (unpaired) electrons. The van der Waals surface area contributed by atoms with Crippen molar-refractivity contribution < 1.29 is 27.9 Å².